The molecule has 0 bridgehead atoms. The molecule has 10 nitrogen and oxygen atoms in total. The lowest BCUT2D eigenvalue weighted by Crippen LogP contribution is -2.54. The number of carbonyl (C=O) groups is 3. The van der Waals surface area contributed by atoms with Crippen molar-refractivity contribution in [3.05, 3.63) is 75.8 Å². The van der Waals surface area contributed by atoms with E-state index in [1.807, 2.05) is 0 Å². The SMILES string of the molecule is NC(=O)NC(Cc1ccccc1)C(=O)NNC(=O)c1cccc([N+](=O)[O-])c1. The summed E-state index contributed by atoms with van der Waals surface area (Å²) < 4.78 is 0. The Morgan fingerprint density at radius 3 is 2.37 bits per heavy atom. The number of rotatable bonds is 6. The van der Waals surface area contributed by atoms with Crippen LogP contribution in [0.5, 0.6) is 0 Å². The normalized spacial score (nSPS) is 11.1. The molecule has 10 heteroatoms. The molecule has 0 saturated heterocycles. The Bertz CT molecular complexity index is 856. The van der Waals surface area contributed by atoms with E-state index in [-0.39, 0.29) is 17.7 Å². The predicted molar refractivity (Wildman–Crippen MR) is 95.4 cm³/mol. The molecule has 2 rings (SSSR count). The quantitative estimate of drug-likeness (QED) is 0.433. The maximum absolute atomic E-state index is 12.3. The van der Waals surface area contributed by atoms with Crippen molar-refractivity contribution >= 4 is 23.5 Å². The van der Waals surface area contributed by atoms with Gasteiger partial charge in [0, 0.05) is 24.1 Å². The number of nitrogens with two attached hydrogens (primary N) is 1. The summed E-state index contributed by atoms with van der Waals surface area (Å²) in [5.41, 5.74) is 9.93. The molecule has 0 aromatic heterocycles. The molecule has 1 atom stereocenters. The Kier molecular flexibility index (Phi) is 6.42. The number of carbonyl (C=O) groups excluding carboxylic acids is 3. The van der Waals surface area contributed by atoms with Crippen molar-refractivity contribution < 1.29 is 19.3 Å². The second-order valence-corrected chi connectivity index (χ2v) is 5.50. The summed E-state index contributed by atoms with van der Waals surface area (Å²) in [5.74, 6) is -1.44. The summed E-state index contributed by atoms with van der Waals surface area (Å²) in [5, 5.41) is 13.1. The van der Waals surface area contributed by atoms with Crippen LogP contribution >= 0.6 is 0 Å². The van der Waals surface area contributed by atoms with Crippen LogP contribution in [0.4, 0.5) is 10.5 Å². The van der Waals surface area contributed by atoms with Crippen LogP contribution in [0.1, 0.15) is 15.9 Å². The average molecular weight is 371 g/mol. The zero-order valence-electron chi connectivity index (χ0n) is 14.0. The van der Waals surface area contributed by atoms with E-state index in [1.54, 1.807) is 30.3 Å². The summed E-state index contributed by atoms with van der Waals surface area (Å²) in [6, 6.07) is 12.0. The fourth-order valence-electron chi connectivity index (χ4n) is 2.27. The first-order valence-corrected chi connectivity index (χ1v) is 7.81. The summed E-state index contributed by atoms with van der Waals surface area (Å²) >= 11 is 0. The standard InChI is InChI=1S/C17H17N5O5/c18-17(25)19-14(9-11-5-2-1-3-6-11)16(24)21-20-15(23)12-7-4-8-13(10-12)22(26)27/h1-8,10,14H,9H2,(H,20,23)(H,21,24)(H3,18,19,25). The summed E-state index contributed by atoms with van der Waals surface area (Å²) in [6.45, 7) is 0. The van der Waals surface area contributed by atoms with Crippen LogP contribution in [-0.2, 0) is 11.2 Å². The van der Waals surface area contributed by atoms with Gasteiger partial charge in [-0.3, -0.25) is 30.6 Å². The van der Waals surface area contributed by atoms with Gasteiger partial charge in [0.15, 0.2) is 0 Å². The van der Waals surface area contributed by atoms with Crippen molar-refractivity contribution in [2.45, 2.75) is 12.5 Å². The Morgan fingerprint density at radius 2 is 1.74 bits per heavy atom. The Labute approximate surface area is 153 Å². The second-order valence-electron chi connectivity index (χ2n) is 5.50. The van der Waals surface area contributed by atoms with E-state index in [1.165, 1.54) is 18.2 Å². The Balaban J connectivity index is 2.01. The van der Waals surface area contributed by atoms with Gasteiger partial charge in [-0.25, -0.2) is 4.79 Å². The van der Waals surface area contributed by atoms with Crippen LogP contribution < -0.4 is 21.9 Å². The minimum atomic E-state index is -1.02. The lowest BCUT2D eigenvalue weighted by molar-refractivity contribution is -0.384. The Morgan fingerprint density at radius 1 is 1.04 bits per heavy atom. The molecular formula is C17H17N5O5. The van der Waals surface area contributed by atoms with Crippen molar-refractivity contribution in [3.63, 3.8) is 0 Å². The number of hydrogen-bond acceptors (Lipinski definition) is 5. The first-order valence-electron chi connectivity index (χ1n) is 7.81. The van der Waals surface area contributed by atoms with Gasteiger partial charge in [-0.05, 0) is 11.6 Å². The van der Waals surface area contributed by atoms with E-state index >= 15 is 0 Å². The molecule has 0 aliphatic heterocycles. The lowest BCUT2D eigenvalue weighted by Gasteiger charge is -2.17. The van der Waals surface area contributed by atoms with E-state index in [0.717, 1.165) is 11.6 Å². The molecule has 2 aromatic rings. The molecule has 0 aliphatic rings. The molecule has 5 N–H and O–H groups in total. The highest BCUT2D eigenvalue weighted by molar-refractivity contribution is 5.96. The Hall–Kier alpha value is -3.95. The second kappa shape index (κ2) is 8.94. The van der Waals surface area contributed by atoms with Crippen molar-refractivity contribution in [1.29, 1.82) is 0 Å². The van der Waals surface area contributed by atoms with Gasteiger partial charge in [0.25, 0.3) is 17.5 Å². The van der Waals surface area contributed by atoms with E-state index in [2.05, 4.69) is 16.2 Å². The molecule has 0 saturated carbocycles. The number of benzene rings is 2. The largest absolute Gasteiger partial charge is 0.352 e. The molecule has 27 heavy (non-hydrogen) atoms. The molecule has 1 unspecified atom stereocenters. The van der Waals surface area contributed by atoms with E-state index in [0.29, 0.717) is 0 Å². The topological polar surface area (TPSA) is 156 Å². The number of primary amides is 1. The number of hydrazine groups is 1. The zero-order valence-corrected chi connectivity index (χ0v) is 14.0. The number of non-ortho nitro benzene ring substituents is 1. The molecule has 0 fully saturated rings. The third kappa shape index (κ3) is 5.81. The van der Waals surface area contributed by atoms with E-state index < -0.39 is 28.8 Å². The minimum absolute atomic E-state index is 0.00744. The molecule has 0 spiro atoms. The summed E-state index contributed by atoms with van der Waals surface area (Å²) in [7, 11) is 0. The van der Waals surface area contributed by atoms with Crippen LogP contribution in [0.2, 0.25) is 0 Å². The van der Waals surface area contributed by atoms with Gasteiger partial charge in [0.05, 0.1) is 4.92 Å². The maximum atomic E-state index is 12.3. The van der Waals surface area contributed by atoms with Crippen molar-refractivity contribution in [1.82, 2.24) is 16.2 Å². The third-order valence-corrected chi connectivity index (χ3v) is 3.53. The van der Waals surface area contributed by atoms with E-state index in [9.17, 15) is 24.5 Å². The number of nitro benzene ring substituents is 1. The number of urea groups is 1. The van der Waals surface area contributed by atoms with Gasteiger partial charge in [-0.2, -0.15) is 0 Å². The highest BCUT2D eigenvalue weighted by Crippen LogP contribution is 2.12. The van der Waals surface area contributed by atoms with Gasteiger partial charge in [0.1, 0.15) is 6.04 Å². The van der Waals surface area contributed by atoms with Crippen LogP contribution in [0, 0.1) is 10.1 Å². The molecule has 0 radical (unpaired) electrons. The molecule has 0 aliphatic carbocycles. The lowest BCUT2D eigenvalue weighted by atomic mass is 10.1. The molecule has 4 amide bonds. The van der Waals surface area contributed by atoms with Gasteiger partial charge < -0.3 is 11.1 Å². The highest BCUT2D eigenvalue weighted by atomic mass is 16.6. The number of nitrogens with one attached hydrogen (secondary N) is 3. The third-order valence-electron chi connectivity index (χ3n) is 3.53. The smallest absolute Gasteiger partial charge is 0.312 e. The zero-order chi connectivity index (χ0) is 19.8. The fourth-order valence-corrected chi connectivity index (χ4v) is 2.27. The number of amides is 4. The number of nitrogens with zero attached hydrogens (tertiary/aromatic N) is 1. The predicted octanol–water partition coefficient (Wildman–Crippen LogP) is 0.635. The fraction of sp³-hybridized carbons (Fsp3) is 0.118. The monoisotopic (exact) mass is 371 g/mol. The van der Waals surface area contributed by atoms with Gasteiger partial charge >= 0.3 is 6.03 Å². The minimum Gasteiger partial charge on any atom is -0.352 e. The van der Waals surface area contributed by atoms with Crippen LogP contribution in [-0.4, -0.2) is 28.8 Å². The average Bonchev–Trinajstić information content (AvgIpc) is 2.65. The van der Waals surface area contributed by atoms with Crippen LogP contribution in [0.3, 0.4) is 0 Å². The first kappa shape index (κ1) is 19.4. The van der Waals surface area contributed by atoms with Crippen LogP contribution in [0.15, 0.2) is 54.6 Å². The summed E-state index contributed by atoms with van der Waals surface area (Å²) in [6.07, 6.45) is 0.155. The summed E-state index contributed by atoms with van der Waals surface area (Å²) in [4.78, 5) is 45.6. The van der Waals surface area contributed by atoms with Crippen molar-refractivity contribution in [2.24, 2.45) is 5.73 Å². The molecule has 140 valence electrons. The van der Waals surface area contributed by atoms with Gasteiger partial charge in [-0.15, -0.1) is 0 Å². The highest BCUT2D eigenvalue weighted by Gasteiger charge is 2.21. The van der Waals surface area contributed by atoms with Crippen LogP contribution in [0.25, 0.3) is 0 Å². The van der Waals surface area contributed by atoms with Gasteiger partial charge in [-0.1, -0.05) is 36.4 Å². The van der Waals surface area contributed by atoms with E-state index in [4.69, 9.17) is 5.73 Å². The van der Waals surface area contributed by atoms with Crippen molar-refractivity contribution in [3.8, 4) is 0 Å². The maximum Gasteiger partial charge on any atom is 0.312 e. The number of hydrogen-bond donors (Lipinski definition) is 4. The van der Waals surface area contributed by atoms with Crippen molar-refractivity contribution in [2.75, 3.05) is 0 Å². The molecule has 0 heterocycles. The molecular weight excluding hydrogens is 354 g/mol. The van der Waals surface area contributed by atoms with Gasteiger partial charge in [0.2, 0.25) is 0 Å². The number of nitro groups is 1. The first-order chi connectivity index (χ1) is 12.9. The molecule has 2 aromatic carbocycles.